The lowest BCUT2D eigenvalue weighted by Crippen LogP contribution is -2.26. The Morgan fingerprint density at radius 3 is 2.79 bits per heavy atom. The maximum absolute atomic E-state index is 12.9. The van der Waals surface area contributed by atoms with E-state index in [0.29, 0.717) is 21.5 Å². The number of nitrogens with one attached hydrogen (secondary N) is 1. The van der Waals surface area contributed by atoms with Gasteiger partial charge in [0.05, 0.1) is 17.7 Å². The van der Waals surface area contributed by atoms with Crippen LogP contribution in [0.5, 0.6) is 0 Å². The summed E-state index contributed by atoms with van der Waals surface area (Å²) in [5.74, 6) is -1.07. The van der Waals surface area contributed by atoms with E-state index in [1.807, 2.05) is 6.07 Å². The molecule has 0 radical (unpaired) electrons. The van der Waals surface area contributed by atoms with Crippen LogP contribution >= 0.6 is 11.3 Å². The van der Waals surface area contributed by atoms with Crippen molar-refractivity contribution in [1.82, 2.24) is 9.78 Å². The number of thiophene rings is 1. The van der Waals surface area contributed by atoms with Gasteiger partial charge in [-0.15, -0.1) is 11.3 Å². The van der Waals surface area contributed by atoms with Crippen molar-refractivity contribution in [3.63, 3.8) is 0 Å². The number of benzene rings is 1. The Morgan fingerprint density at radius 1 is 1.24 bits per heavy atom. The van der Waals surface area contributed by atoms with Gasteiger partial charge < -0.3 is 10.1 Å². The summed E-state index contributed by atoms with van der Waals surface area (Å²) in [6.07, 6.45) is 3.70. The lowest BCUT2D eigenvalue weighted by molar-refractivity contribution is 0.0526. The molecule has 8 heteroatoms. The van der Waals surface area contributed by atoms with Gasteiger partial charge >= 0.3 is 5.97 Å². The quantitative estimate of drug-likeness (QED) is 0.665. The number of rotatable bonds is 4. The van der Waals surface area contributed by atoms with Crippen LogP contribution in [0, 0.1) is 0 Å². The molecule has 2 heterocycles. The van der Waals surface area contributed by atoms with Gasteiger partial charge in [-0.1, -0.05) is 12.1 Å². The number of aryl methyl sites for hydroxylation is 2. The summed E-state index contributed by atoms with van der Waals surface area (Å²) in [5, 5.41) is 7.78. The zero-order valence-corrected chi connectivity index (χ0v) is 17.1. The third-order valence-corrected chi connectivity index (χ3v) is 6.26. The topological polar surface area (TPSA) is 90.3 Å². The molecule has 0 aliphatic heterocycles. The van der Waals surface area contributed by atoms with E-state index in [1.54, 1.807) is 32.2 Å². The molecule has 1 aliphatic rings. The molecule has 1 aromatic carbocycles. The Balaban J connectivity index is 1.75. The van der Waals surface area contributed by atoms with Crippen LogP contribution in [-0.4, -0.2) is 28.3 Å². The van der Waals surface area contributed by atoms with E-state index in [-0.39, 0.29) is 12.3 Å². The number of aromatic nitrogens is 2. The number of hydrogen-bond acceptors (Lipinski definition) is 6. The van der Waals surface area contributed by atoms with Crippen molar-refractivity contribution in [2.75, 3.05) is 11.9 Å². The highest BCUT2D eigenvalue weighted by atomic mass is 32.1. The van der Waals surface area contributed by atoms with E-state index in [9.17, 15) is 14.4 Å². The van der Waals surface area contributed by atoms with Gasteiger partial charge in [-0.25, -0.2) is 4.79 Å². The van der Waals surface area contributed by atoms with Crippen LogP contribution in [0.25, 0.3) is 10.9 Å². The van der Waals surface area contributed by atoms with Crippen molar-refractivity contribution < 1.29 is 14.3 Å². The summed E-state index contributed by atoms with van der Waals surface area (Å²) in [6.45, 7) is 2.00. The first-order chi connectivity index (χ1) is 14.0. The second kappa shape index (κ2) is 7.79. The smallest absolute Gasteiger partial charge is 0.341 e. The van der Waals surface area contributed by atoms with E-state index < -0.39 is 17.3 Å². The number of amides is 1. The van der Waals surface area contributed by atoms with E-state index >= 15 is 0 Å². The fraction of sp³-hybridized carbons (Fsp3) is 0.333. The number of hydrogen-bond donors (Lipinski definition) is 1. The maximum Gasteiger partial charge on any atom is 0.341 e. The number of fused-ring (bicyclic) bond motifs is 2. The van der Waals surface area contributed by atoms with Crippen LogP contribution in [0.1, 0.15) is 51.1 Å². The Morgan fingerprint density at radius 2 is 2.00 bits per heavy atom. The van der Waals surface area contributed by atoms with Crippen molar-refractivity contribution in [2.24, 2.45) is 7.05 Å². The van der Waals surface area contributed by atoms with Crippen molar-refractivity contribution in [3.8, 4) is 0 Å². The van der Waals surface area contributed by atoms with Gasteiger partial charge in [-0.2, -0.15) is 5.10 Å². The third kappa shape index (κ3) is 3.44. The van der Waals surface area contributed by atoms with E-state index in [2.05, 4.69) is 10.4 Å². The summed E-state index contributed by atoms with van der Waals surface area (Å²) in [4.78, 5) is 39.4. The highest BCUT2D eigenvalue weighted by Crippen LogP contribution is 2.38. The SMILES string of the molecule is CCOC(=O)c1c(NC(=O)c2nn(C)c3ccccc3c2=O)sc2c1CCCC2. The minimum absolute atomic E-state index is 0.201. The average Bonchev–Trinajstić information content (AvgIpc) is 3.08. The first-order valence-corrected chi connectivity index (χ1v) is 10.4. The monoisotopic (exact) mass is 411 g/mol. The van der Waals surface area contributed by atoms with E-state index in [0.717, 1.165) is 36.1 Å². The highest BCUT2D eigenvalue weighted by Gasteiger charge is 2.28. The van der Waals surface area contributed by atoms with Gasteiger partial charge in [0.1, 0.15) is 5.00 Å². The van der Waals surface area contributed by atoms with Gasteiger partial charge in [0.2, 0.25) is 5.43 Å². The molecule has 0 fully saturated rings. The van der Waals surface area contributed by atoms with Gasteiger partial charge in [0.25, 0.3) is 5.91 Å². The van der Waals surface area contributed by atoms with Crippen LogP contribution in [0.3, 0.4) is 0 Å². The molecule has 0 saturated carbocycles. The fourth-order valence-corrected chi connectivity index (χ4v) is 4.98. The fourth-order valence-electron chi connectivity index (χ4n) is 3.71. The molecule has 0 saturated heterocycles. The van der Waals surface area contributed by atoms with Crippen molar-refractivity contribution in [1.29, 1.82) is 0 Å². The standard InChI is InChI=1S/C21H21N3O4S/c1-3-28-21(27)16-13-9-5-7-11-15(13)29-20(16)22-19(26)17-18(25)12-8-4-6-10-14(12)24(2)23-17/h4,6,8,10H,3,5,7,9,11H2,1-2H3,(H,22,26). The van der Waals surface area contributed by atoms with Gasteiger partial charge in [-0.3, -0.25) is 14.3 Å². The summed E-state index contributed by atoms with van der Waals surface area (Å²) in [6, 6.07) is 7.00. The Hall–Kier alpha value is -3.00. The summed E-state index contributed by atoms with van der Waals surface area (Å²) < 4.78 is 6.73. The van der Waals surface area contributed by atoms with Crippen LogP contribution in [0.15, 0.2) is 29.1 Å². The molecule has 2 aromatic heterocycles. The molecule has 4 rings (SSSR count). The number of carbonyl (C=O) groups is 2. The summed E-state index contributed by atoms with van der Waals surface area (Å²) >= 11 is 1.38. The number of esters is 1. The second-order valence-electron chi connectivity index (χ2n) is 6.91. The third-order valence-electron chi connectivity index (χ3n) is 5.06. The number of carbonyl (C=O) groups excluding carboxylic acids is 2. The van der Waals surface area contributed by atoms with Crippen LogP contribution < -0.4 is 10.7 Å². The molecular weight excluding hydrogens is 390 g/mol. The average molecular weight is 411 g/mol. The molecule has 29 heavy (non-hydrogen) atoms. The Labute approximate surface area is 171 Å². The Bertz CT molecular complexity index is 1180. The molecule has 0 atom stereocenters. The van der Waals surface area contributed by atoms with Crippen LogP contribution in [0.2, 0.25) is 0 Å². The molecule has 3 aromatic rings. The number of anilines is 1. The van der Waals surface area contributed by atoms with Crippen molar-refractivity contribution >= 4 is 39.1 Å². The van der Waals surface area contributed by atoms with E-state index in [4.69, 9.17) is 4.74 Å². The zero-order chi connectivity index (χ0) is 20.5. The second-order valence-corrected chi connectivity index (χ2v) is 8.01. The predicted molar refractivity (Wildman–Crippen MR) is 112 cm³/mol. The molecule has 0 unspecified atom stereocenters. The first-order valence-electron chi connectivity index (χ1n) is 9.60. The van der Waals surface area contributed by atoms with Crippen molar-refractivity contribution in [2.45, 2.75) is 32.6 Å². The minimum Gasteiger partial charge on any atom is -0.462 e. The number of nitrogens with zero attached hydrogens (tertiary/aromatic N) is 2. The summed E-state index contributed by atoms with van der Waals surface area (Å²) in [5.41, 5.74) is 1.38. The predicted octanol–water partition coefficient (Wildman–Crippen LogP) is 3.30. The lowest BCUT2D eigenvalue weighted by Gasteiger charge is -2.12. The van der Waals surface area contributed by atoms with Crippen LogP contribution in [-0.2, 0) is 24.6 Å². The van der Waals surface area contributed by atoms with Crippen LogP contribution in [0.4, 0.5) is 5.00 Å². The minimum atomic E-state index is -0.625. The molecule has 1 aliphatic carbocycles. The molecule has 150 valence electrons. The molecule has 1 N–H and O–H groups in total. The van der Waals surface area contributed by atoms with E-state index in [1.165, 1.54) is 16.0 Å². The molecule has 0 spiro atoms. The van der Waals surface area contributed by atoms with Gasteiger partial charge in [0, 0.05) is 17.3 Å². The normalized spacial score (nSPS) is 13.2. The largest absolute Gasteiger partial charge is 0.462 e. The Kier molecular flexibility index (Phi) is 5.19. The summed E-state index contributed by atoms with van der Waals surface area (Å²) in [7, 11) is 1.69. The van der Waals surface area contributed by atoms with Crippen molar-refractivity contribution in [3.05, 3.63) is 56.2 Å². The zero-order valence-electron chi connectivity index (χ0n) is 16.3. The maximum atomic E-state index is 12.9. The number of ether oxygens (including phenoxy) is 1. The van der Waals surface area contributed by atoms with Gasteiger partial charge in [-0.05, 0) is 50.3 Å². The molecular formula is C21H21N3O4S. The lowest BCUT2D eigenvalue weighted by atomic mass is 9.95. The molecule has 7 nitrogen and oxygen atoms in total. The number of para-hydroxylation sites is 1. The highest BCUT2D eigenvalue weighted by molar-refractivity contribution is 7.17. The first kappa shape index (κ1) is 19.3. The molecule has 0 bridgehead atoms. The molecule has 1 amide bonds. The van der Waals surface area contributed by atoms with Gasteiger partial charge in [0.15, 0.2) is 5.69 Å².